The highest BCUT2D eigenvalue weighted by molar-refractivity contribution is 7.91. The van der Waals surface area contributed by atoms with E-state index in [0.717, 1.165) is 25.2 Å². The number of likely N-dealkylation sites (N-methyl/N-ethyl adjacent to an activating group) is 1. The number of hydrogen-bond donors (Lipinski definition) is 1. The second-order valence-electron chi connectivity index (χ2n) is 4.72. The quantitative estimate of drug-likeness (QED) is 0.918. The Hall–Kier alpha value is -1.21. The number of nitrogens with zero attached hydrogens (tertiary/aromatic N) is 1. The van der Waals surface area contributed by atoms with Crippen molar-refractivity contribution < 1.29 is 17.2 Å². The molecule has 0 bridgehead atoms. The van der Waals surface area contributed by atoms with Crippen LogP contribution in [0.3, 0.4) is 0 Å². The van der Waals surface area contributed by atoms with Gasteiger partial charge in [0.2, 0.25) is 9.84 Å². The molecule has 0 aliphatic carbocycles. The van der Waals surface area contributed by atoms with Crippen LogP contribution in [0, 0.1) is 0 Å². The molecule has 0 amide bonds. The van der Waals surface area contributed by atoms with Crippen LogP contribution in [0.1, 0.15) is 6.42 Å². The maximum Gasteiger partial charge on any atom is 0.341 e. The number of benzene rings is 1. The van der Waals surface area contributed by atoms with Gasteiger partial charge in [0.25, 0.3) is 0 Å². The van der Waals surface area contributed by atoms with Crippen molar-refractivity contribution in [1.29, 1.82) is 0 Å². The molecule has 0 saturated carbocycles. The molecule has 1 heterocycles. The maximum atomic E-state index is 12.4. The summed E-state index contributed by atoms with van der Waals surface area (Å²) in [5, 5.41) is 3.26. The smallest absolute Gasteiger partial charge is 0.341 e. The predicted molar refractivity (Wildman–Crippen MR) is 69.2 cm³/mol. The molecule has 1 aromatic rings. The summed E-state index contributed by atoms with van der Waals surface area (Å²) in [6.45, 7) is 1.92. The van der Waals surface area contributed by atoms with Crippen molar-refractivity contribution in [1.82, 2.24) is 4.90 Å². The van der Waals surface area contributed by atoms with Gasteiger partial charge in [0.1, 0.15) is 0 Å². The SMILES string of the molecule is CN1CCC(Nc2ccc(S(=O)(=O)C(F)F)cc2)C1. The van der Waals surface area contributed by atoms with Crippen LogP contribution < -0.4 is 5.32 Å². The number of sulfone groups is 1. The largest absolute Gasteiger partial charge is 0.381 e. The van der Waals surface area contributed by atoms with Crippen molar-refractivity contribution in [3.8, 4) is 0 Å². The minimum atomic E-state index is -4.50. The first-order valence-electron chi connectivity index (χ1n) is 5.97. The van der Waals surface area contributed by atoms with E-state index in [-0.39, 0.29) is 4.90 Å². The molecule has 1 atom stereocenters. The lowest BCUT2D eigenvalue weighted by Crippen LogP contribution is -2.23. The first-order chi connectivity index (χ1) is 8.89. The lowest BCUT2D eigenvalue weighted by molar-refractivity contribution is 0.234. The zero-order valence-electron chi connectivity index (χ0n) is 10.5. The third kappa shape index (κ3) is 3.22. The van der Waals surface area contributed by atoms with E-state index >= 15 is 0 Å². The first-order valence-corrected chi connectivity index (χ1v) is 7.51. The average molecular weight is 290 g/mol. The molecule has 1 aromatic carbocycles. The lowest BCUT2D eigenvalue weighted by atomic mass is 10.2. The van der Waals surface area contributed by atoms with E-state index < -0.39 is 15.6 Å². The van der Waals surface area contributed by atoms with E-state index in [4.69, 9.17) is 0 Å². The van der Waals surface area contributed by atoms with E-state index in [1.165, 1.54) is 24.3 Å². The number of hydrogen-bond acceptors (Lipinski definition) is 4. The Bertz CT molecular complexity index is 531. The van der Waals surface area contributed by atoms with Gasteiger partial charge in [-0.25, -0.2) is 8.42 Å². The molecule has 0 aromatic heterocycles. The summed E-state index contributed by atoms with van der Waals surface area (Å²) < 4.78 is 47.2. The Balaban J connectivity index is 2.07. The van der Waals surface area contributed by atoms with Crippen LogP contribution in [0.2, 0.25) is 0 Å². The summed E-state index contributed by atoms with van der Waals surface area (Å²) in [6.07, 6.45) is 1.01. The van der Waals surface area contributed by atoms with Crippen LogP contribution in [-0.2, 0) is 9.84 Å². The molecule has 1 N–H and O–H groups in total. The number of rotatable bonds is 4. The Morgan fingerprint density at radius 1 is 1.32 bits per heavy atom. The molecule has 1 unspecified atom stereocenters. The molecule has 1 saturated heterocycles. The molecule has 1 fully saturated rings. The molecule has 1 aliphatic rings. The van der Waals surface area contributed by atoms with Crippen LogP contribution in [-0.4, -0.2) is 45.3 Å². The summed E-state index contributed by atoms with van der Waals surface area (Å²) in [7, 11) is -2.47. The minimum Gasteiger partial charge on any atom is -0.381 e. The molecule has 106 valence electrons. The Morgan fingerprint density at radius 3 is 2.42 bits per heavy atom. The van der Waals surface area contributed by atoms with Crippen LogP contribution in [0.25, 0.3) is 0 Å². The topological polar surface area (TPSA) is 49.4 Å². The fraction of sp³-hybridized carbons (Fsp3) is 0.500. The Morgan fingerprint density at radius 2 is 1.95 bits per heavy atom. The first kappa shape index (κ1) is 14.2. The van der Waals surface area contributed by atoms with Crippen molar-refractivity contribution in [2.45, 2.75) is 23.1 Å². The van der Waals surface area contributed by atoms with Gasteiger partial charge in [0, 0.05) is 18.3 Å². The van der Waals surface area contributed by atoms with Gasteiger partial charge in [-0.15, -0.1) is 0 Å². The monoisotopic (exact) mass is 290 g/mol. The fourth-order valence-corrected chi connectivity index (χ4v) is 2.85. The highest BCUT2D eigenvalue weighted by atomic mass is 32.2. The summed E-state index contributed by atoms with van der Waals surface area (Å²) in [6, 6.07) is 5.77. The molecule has 4 nitrogen and oxygen atoms in total. The fourth-order valence-electron chi connectivity index (χ4n) is 2.13. The van der Waals surface area contributed by atoms with Crippen LogP contribution in [0.4, 0.5) is 14.5 Å². The molecule has 2 rings (SSSR count). The summed E-state index contributed by atoms with van der Waals surface area (Å²) in [5.74, 6) is -3.38. The molecule has 1 aliphatic heterocycles. The molecule has 7 heteroatoms. The third-order valence-corrected chi connectivity index (χ3v) is 4.58. The number of anilines is 1. The average Bonchev–Trinajstić information content (AvgIpc) is 2.75. The molecule has 0 spiro atoms. The van der Waals surface area contributed by atoms with Crippen LogP contribution in [0.5, 0.6) is 0 Å². The van der Waals surface area contributed by atoms with Gasteiger partial charge in [-0.2, -0.15) is 8.78 Å². The highest BCUT2D eigenvalue weighted by Crippen LogP contribution is 2.21. The maximum absolute atomic E-state index is 12.4. The van der Waals surface area contributed by atoms with Crippen LogP contribution >= 0.6 is 0 Å². The van der Waals surface area contributed by atoms with Gasteiger partial charge < -0.3 is 10.2 Å². The van der Waals surface area contributed by atoms with Gasteiger partial charge in [-0.05, 0) is 44.3 Å². The van der Waals surface area contributed by atoms with E-state index in [1.54, 1.807) is 0 Å². The number of halogens is 2. The lowest BCUT2D eigenvalue weighted by Gasteiger charge is -2.14. The van der Waals surface area contributed by atoms with Crippen molar-refractivity contribution in [3.63, 3.8) is 0 Å². The van der Waals surface area contributed by atoms with Crippen molar-refractivity contribution in [3.05, 3.63) is 24.3 Å². The number of nitrogens with one attached hydrogen (secondary N) is 1. The molecular weight excluding hydrogens is 274 g/mol. The minimum absolute atomic E-state index is 0.308. The van der Waals surface area contributed by atoms with Gasteiger partial charge in [0.15, 0.2) is 0 Å². The Kier molecular flexibility index (Phi) is 4.05. The van der Waals surface area contributed by atoms with Crippen molar-refractivity contribution in [2.75, 3.05) is 25.5 Å². The molecule has 19 heavy (non-hydrogen) atoms. The normalized spacial score (nSPS) is 20.9. The molecule has 0 radical (unpaired) electrons. The predicted octanol–water partition coefficient (Wildman–Crippen LogP) is 1.80. The standard InChI is InChI=1S/C12H16F2N2O2S/c1-16-7-6-10(8-16)15-9-2-4-11(5-3-9)19(17,18)12(13)14/h2-5,10,12,15H,6-8H2,1H3. The van der Waals surface area contributed by atoms with Gasteiger partial charge >= 0.3 is 5.76 Å². The van der Waals surface area contributed by atoms with Crippen molar-refractivity contribution >= 4 is 15.5 Å². The van der Waals surface area contributed by atoms with Gasteiger partial charge in [-0.1, -0.05) is 0 Å². The zero-order valence-corrected chi connectivity index (χ0v) is 11.3. The van der Waals surface area contributed by atoms with E-state index in [1.807, 2.05) is 7.05 Å². The third-order valence-electron chi connectivity index (χ3n) is 3.18. The molecular formula is C12H16F2N2O2S. The van der Waals surface area contributed by atoms with E-state index in [2.05, 4.69) is 10.2 Å². The number of alkyl halides is 2. The van der Waals surface area contributed by atoms with Crippen LogP contribution in [0.15, 0.2) is 29.2 Å². The summed E-state index contributed by atoms with van der Waals surface area (Å²) >= 11 is 0. The summed E-state index contributed by atoms with van der Waals surface area (Å²) in [5.41, 5.74) is 0.744. The number of likely N-dealkylation sites (tertiary alicyclic amines) is 1. The Labute approximate surface area is 111 Å². The second-order valence-corrected chi connectivity index (χ2v) is 6.64. The van der Waals surface area contributed by atoms with Crippen molar-refractivity contribution in [2.24, 2.45) is 0 Å². The van der Waals surface area contributed by atoms with E-state index in [0.29, 0.717) is 6.04 Å². The van der Waals surface area contributed by atoms with E-state index in [9.17, 15) is 17.2 Å². The zero-order chi connectivity index (χ0) is 14.0. The van der Waals surface area contributed by atoms with Gasteiger partial charge in [-0.3, -0.25) is 0 Å². The second kappa shape index (κ2) is 5.42. The summed E-state index contributed by atoms with van der Waals surface area (Å²) in [4.78, 5) is 1.84. The van der Waals surface area contributed by atoms with Gasteiger partial charge in [0.05, 0.1) is 4.90 Å². The highest BCUT2D eigenvalue weighted by Gasteiger charge is 2.26.